The van der Waals surface area contributed by atoms with Gasteiger partial charge in [0.25, 0.3) is 0 Å². The van der Waals surface area contributed by atoms with E-state index in [2.05, 4.69) is 21.4 Å². The molecule has 4 nitrogen and oxygen atoms in total. The molecule has 25 heavy (non-hydrogen) atoms. The van der Waals surface area contributed by atoms with Gasteiger partial charge in [0, 0.05) is 28.3 Å². The van der Waals surface area contributed by atoms with Gasteiger partial charge in [0.1, 0.15) is 7.14 Å². The Morgan fingerprint density at radius 1 is 1.00 bits per heavy atom. The van der Waals surface area contributed by atoms with Crippen LogP contribution in [-0.2, 0) is 4.57 Å². The first kappa shape index (κ1) is 17.9. The van der Waals surface area contributed by atoms with Crippen molar-refractivity contribution in [1.29, 1.82) is 0 Å². The first-order valence-corrected chi connectivity index (χ1v) is 11.0. The Kier molecular flexibility index (Phi) is 4.83. The molecule has 2 heterocycles. The number of hydrogen-bond donors (Lipinski definition) is 1. The maximum atomic E-state index is 12.4. The van der Waals surface area contributed by atoms with Crippen molar-refractivity contribution in [3.05, 3.63) is 54.2 Å². The quantitative estimate of drug-likeness (QED) is 0.486. The molecule has 0 aliphatic heterocycles. The lowest BCUT2D eigenvalue weighted by molar-refractivity contribution is 0.588. The Bertz CT molecular complexity index is 1110. The fraction of sp³-hybridized carbons (Fsp3) is 0.111. The van der Waals surface area contributed by atoms with E-state index in [0.29, 0.717) is 0 Å². The normalized spacial score (nSPS) is 11.4. The van der Waals surface area contributed by atoms with E-state index in [4.69, 9.17) is 0 Å². The number of halogens is 1. The summed E-state index contributed by atoms with van der Waals surface area (Å²) in [5.41, 5.74) is 5.64. The van der Waals surface area contributed by atoms with Crippen molar-refractivity contribution in [3.63, 3.8) is 0 Å². The molecule has 0 spiro atoms. The Labute approximate surface area is 156 Å². The van der Waals surface area contributed by atoms with Crippen molar-refractivity contribution >= 4 is 68.7 Å². The largest absolute Gasteiger partial charge is 0.355 e. The van der Waals surface area contributed by atoms with Gasteiger partial charge < -0.3 is 9.88 Å². The molecule has 0 aliphatic rings. The second-order valence-corrected chi connectivity index (χ2v) is 10.2. The van der Waals surface area contributed by atoms with E-state index in [-0.39, 0.29) is 12.4 Å². The minimum absolute atomic E-state index is 0. The molecule has 7 heteroatoms. The summed E-state index contributed by atoms with van der Waals surface area (Å²) >= 11 is 1.63. The summed E-state index contributed by atoms with van der Waals surface area (Å²) in [5.74, 6) is 0. The number of fused-ring (bicyclic) bond motifs is 2. The Morgan fingerprint density at radius 2 is 1.84 bits per heavy atom. The van der Waals surface area contributed by atoms with Crippen LogP contribution in [-0.4, -0.2) is 23.3 Å². The van der Waals surface area contributed by atoms with Gasteiger partial charge in [-0.3, -0.25) is 4.98 Å². The molecule has 0 amide bonds. The number of benzene rings is 2. The molecular formula is C18H17ClN3OPS. The number of nitrogens with zero attached hydrogens (tertiary/aromatic N) is 2. The third-order valence-electron chi connectivity index (χ3n) is 3.96. The molecule has 0 fully saturated rings. The summed E-state index contributed by atoms with van der Waals surface area (Å²) in [6, 6.07) is 13.9. The zero-order chi connectivity index (χ0) is 16.7. The molecule has 0 saturated heterocycles. The summed E-state index contributed by atoms with van der Waals surface area (Å²) in [7, 11) is -2.31. The lowest BCUT2D eigenvalue weighted by atomic mass is 10.2. The second kappa shape index (κ2) is 6.75. The summed E-state index contributed by atoms with van der Waals surface area (Å²) in [5, 5.41) is 5.27. The lowest BCUT2D eigenvalue weighted by Gasteiger charge is -2.12. The Morgan fingerprint density at radius 3 is 2.64 bits per heavy atom. The second-order valence-electron chi connectivity index (χ2n) is 6.07. The lowest BCUT2D eigenvalue weighted by Crippen LogP contribution is -2.03. The molecule has 0 atom stereocenters. The minimum atomic E-state index is -2.31. The van der Waals surface area contributed by atoms with E-state index in [0.717, 1.165) is 33.1 Å². The maximum absolute atomic E-state index is 12.4. The first-order chi connectivity index (χ1) is 11.5. The third-order valence-corrected chi connectivity index (χ3v) is 6.29. The zero-order valence-corrected chi connectivity index (χ0v) is 16.3. The summed E-state index contributed by atoms with van der Waals surface area (Å²) < 4.78 is 13.6. The molecule has 0 aliphatic carbocycles. The maximum Gasteiger partial charge on any atom is 0.109 e. The fourth-order valence-electron chi connectivity index (χ4n) is 2.67. The van der Waals surface area contributed by atoms with E-state index >= 15 is 0 Å². The third kappa shape index (κ3) is 3.54. The Hall–Kier alpha value is -1.94. The van der Waals surface area contributed by atoms with E-state index in [1.807, 2.05) is 41.9 Å². The molecule has 2 aromatic heterocycles. The number of pyridine rings is 1. The SMILES string of the molecule is CP(C)(=O)c1ccc2nccc(Nc3ccc4scnc4c3)c2c1.Cl. The number of anilines is 2. The van der Waals surface area contributed by atoms with Crippen molar-refractivity contribution in [2.75, 3.05) is 18.6 Å². The molecule has 4 rings (SSSR count). The van der Waals surface area contributed by atoms with E-state index < -0.39 is 7.14 Å². The molecule has 4 aromatic rings. The van der Waals surface area contributed by atoms with Crippen molar-refractivity contribution in [2.24, 2.45) is 0 Å². The van der Waals surface area contributed by atoms with Crippen molar-refractivity contribution < 1.29 is 4.57 Å². The zero-order valence-electron chi connectivity index (χ0n) is 13.8. The van der Waals surface area contributed by atoms with Crippen LogP contribution < -0.4 is 10.6 Å². The number of rotatable bonds is 3. The van der Waals surface area contributed by atoms with Crippen LogP contribution in [0.5, 0.6) is 0 Å². The van der Waals surface area contributed by atoms with Gasteiger partial charge in [-0.05, 0) is 55.8 Å². The average Bonchev–Trinajstić information content (AvgIpc) is 3.01. The van der Waals surface area contributed by atoms with E-state index in [1.165, 1.54) is 4.70 Å². The highest BCUT2D eigenvalue weighted by atomic mass is 35.5. The van der Waals surface area contributed by atoms with Crippen LogP contribution in [0.15, 0.2) is 54.2 Å². The summed E-state index contributed by atoms with van der Waals surface area (Å²) in [6.45, 7) is 3.57. The van der Waals surface area contributed by atoms with Crippen LogP contribution in [0.2, 0.25) is 0 Å². The smallest absolute Gasteiger partial charge is 0.109 e. The molecule has 0 bridgehead atoms. The highest BCUT2D eigenvalue weighted by Gasteiger charge is 2.13. The van der Waals surface area contributed by atoms with Gasteiger partial charge in [0.2, 0.25) is 0 Å². The number of aromatic nitrogens is 2. The van der Waals surface area contributed by atoms with Crippen LogP contribution >= 0.6 is 30.9 Å². The number of hydrogen-bond acceptors (Lipinski definition) is 5. The van der Waals surface area contributed by atoms with Gasteiger partial charge in [-0.1, -0.05) is 0 Å². The van der Waals surface area contributed by atoms with Gasteiger partial charge in [-0.25, -0.2) is 4.98 Å². The fourth-order valence-corrected chi connectivity index (χ4v) is 4.20. The van der Waals surface area contributed by atoms with E-state index in [9.17, 15) is 4.57 Å². The van der Waals surface area contributed by atoms with Gasteiger partial charge in [-0.2, -0.15) is 0 Å². The highest BCUT2D eigenvalue weighted by Crippen LogP contribution is 2.36. The highest BCUT2D eigenvalue weighted by molar-refractivity contribution is 7.70. The van der Waals surface area contributed by atoms with Gasteiger partial charge >= 0.3 is 0 Å². The van der Waals surface area contributed by atoms with Crippen molar-refractivity contribution in [3.8, 4) is 0 Å². The monoisotopic (exact) mass is 389 g/mol. The van der Waals surface area contributed by atoms with Crippen LogP contribution in [0.25, 0.3) is 21.1 Å². The van der Waals surface area contributed by atoms with Gasteiger partial charge in [0.05, 0.1) is 21.2 Å². The van der Waals surface area contributed by atoms with Gasteiger partial charge in [0.15, 0.2) is 0 Å². The minimum Gasteiger partial charge on any atom is -0.355 e. The molecule has 128 valence electrons. The first-order valence-electron chi connectivity index (χ1n) is 7.55. The molecule has 2 aromatic carbocycles. The van der Waals surface area contributed by atoms with Crippen LogP contribution in [0.3, 0.4) is 0 Å². The number of thiazole rings is 1. The predicted octanol–water partition coefficient (Wildman–Crippen LogP) is 5.26. The van der Waals surface area contributed by atoms with Gasteiger partial charge in [-0.15, -0.1) is 23.7 Å². The molecule has 0 unspecified atom stereocenters. The number of nitrogens with one attached hydrogen (secondary N) is 1. The molecular weight excluding hydrogens is 373 g/mol. The summed E-state index contributed by atoms with van der Waals surface area (Å²) in [6.07, 6.45) is 1.78. The average molecular weight is 390 g/mol. The standard InChI is InChI=1S/C18H16N3OPS.ClH/c1-23(2,22)13-4-5-15-14(10-13)16(7-8-19-15)21-12-3-6-18-17(9-12)20-11-24-18;/h3-11H,1-2H3,(H,19,21);1H. The Balaban J connectivity index is 0.00000182. The topological polar surface area (TPSA) is 54.9 Å². The van der Waals surface area contributed by atoms with Crippen LogP contribution in [0.4, 0.5) is 11.4 Å². The molecule has 0 saturated carbocycles. The molecule has 1 N–H and O–H groups in total. The van der Waals surface area contributed by atoms with Crippen molar-refractivity contribution in [1.82, 2.24) is 9.97 Å². The molecule has 0 radical (unpaired) electrons. The van der Waals surface area contributed by atoms with Crippen LogP contribution in [0, 0.1) is 0 Å². The van der Waals surface area contributed by atoms with E-state index in [1.54, 1.807) is 30.9 Å². The van der Waals surface area contributed by atoms with Crippen molar-refractivity contribution in [2.45, 2.75) is 0 Å². The summed E-state index contributed by atoms with van der Waals surface area (Å²) in [4.78, 5) is 8.77. The van der Waals surface area contributed by atoms with Crippen LogP contribution in [0.1, 0.15) is 0 Å². The predicted molar refractivity (Wildman–Crippen MR) is 111 cm³/mol.